The first-order valence-corrected chi connectivity index (χ1v) is 12.1. The molecule has 186 valence electrons. The van der Waals surface area contributed by atoms with Crippen LogP contribution in [-0.4, -0.2) is 81.7 Å². The number of hydrogen-bond donors (Lipinski definition) is 7. The zero-order chi connectivity index (χ0) is 25.3. The van der Waals surface area contributed by atoms with E-state index in [4.69, 9.17) is 10.8 Å². The Kier molecular flexibility index (Phi) is 10.4. The van der Waals surface area contributed by atoms with Crippen molar-refractivity contribution in [3.63, 3.8) is 0 Å². The van der Waals surface area contributed by atoms with E-state index in [1.54, 1.807) is 6.20 Å². The molecule has 0 bridgehead atoms. The lowest BCUT2D eigenvalue weighted by Gasteiger charge is -2.25. The molecule has 12 heteroatoms. The van der Waals surface area contributed by atoms with E-state index in [9.17, 15) is 24.3 Å². The van der Waals surface area contributed by atoms with Gasteiger partial charge in [0.15, 0.2) is 0 Å². The fourth-order valence-corrected chi connectivity index (χ4v) is 3.81. The minimum Gasteiger partial charge on any atom is -0.480 e. The Labute approximate surface area is 201 Å². The number of carbonyl (C=O) groups excluding carboxylic acids is 3. The first kappa shape index (κ1) is 27.2. The van der Waals surface area contributed by atoms with Crippen LogP contribution in [0.3, 0.4) is 0 Å². The molecule has 0 saturated carbocycles. The highest BCUT2D eigenvalue weighted by Crippen LogP contribution is 2.19. The SMILES string of the molecule is CSCCC(N)C(=O)NC(C(=O)NC(Cc1c[nH]c2ccccc12)C(=O)NCC(=O)O)C(C)O. The second-order valence-electron chi connectivity index (χ2n) is 7.85. The minimum absolute atomic E-state index is 0.0505. The standard InChI is InChI=1S/C22H31N5O6S/c1-12(28)19(27-20(31)15(23)7-8-34-2)22(33)26-17(21(32)25-11-18(29)30)9-13-10-24-16-6-4-3-5-14(13)16/h3-6,10,12,15,17,19,24,28H,7-9,11,23H2,1-2H3,(H,25,32)(H,26,33)(H,27,31)(H,29,30). The van der Waals surface area contributed by atoms with Gasteiger partial charge in [-0.05, 0) is 37.0 Å². The molecule has 2 rings (SSSR count). The molecular weight excluding hydrogens is 462 g/mol. The van der Waals surface area contributed by atoms with Crippen LogP contribution in [-0.2, 0) is 25.6 Å². The lowest BCUT2D eigenvalue weighted by atomic mass is 10.0. The van der Waals surface area contributed by atoms with Crippen LogP contribution in [0.5, 0.6) is 0 Å². The number of aliphatic carboxylic acids is 1. The highest BCUT2D eigenvalue weighted by molar-refractivity contribution is 7.98. The largest absolute Gasteiger partial charge is 0.480 e. The number of carbonyl (C=O) groups is 4. The number of amides is 3. The highest BCUT2D eigenvalue weighted by atomic mass is 32.2. The minimum atomic E-state index is -1.36. The van der Waals surface area contributed by atoms with Crippen LogP contribution in [0.4, 0.5) is 0 Å². The van der Waals surface area contributed by atoms with Crippen molar-refractivity contribution >= 4 is 46.4 Å². The number of H-pyrrole nitrogens is 1. The Hall–Kier alpha value is -3.09. The van der Waals surface area contributed by atoms with Crippen molar-refractivity contribution in [2.24, 2.45) is 5.73 Å². The smallest absolute Gasteiger partial charge is 0.322 e. The number of carboxylic acid groups (broad SMARTS) is 1. The number of aliphatic hydroxyl groups is 1. The Morgan fingerprint density at radius 2 is 1.82 bits per heavy atom. The molecule has 0 spiro atoms. The summed E-state index contributed by atoms with van der Waals surface area (Å²) >= 11 is 1.52. The van der Waals surface area contributed by atoms with Crippen molar-refractivity contribution in [1.82, 2.24) is 20.9 Å². The number of nitrogens with one attached hydrogen (secondary N) is 4. The molecule has 0 radical (unpaired) electrons. The Morgan fingerprint density at radius 1 is 1.12 bits per heavy atom. The molecule has 2 aromatic rings. The number of nitrogens with two attached hydrogens (primary N) is 1. The quantitative estimate of drug-likeness (QED) is 0.192. The topological polar surface area (TPSA) is 187 Å². The van der Waals surface area contributed by atoms with Gasteiger partial charge in [-0.25, -0.2) is 0 Å². The summed E-state index contributed by atoms with van der Waals surface area (Å²) in [6.07, 6.45) is 2.75. The van der Waals surface area contributed by atoms with E-state index in [1.165, 1.54) is 18.7 Å². The van der Waals surface area contributed by atoms with Gasteiger partial charge in [0.2, 0.25) is 17.7 Å². The van der Waals surface area contributed by atoms with Gasteiger partial charge in [0, 0.05) is 23.5 Å². The third-order valence-corrected chi connectivity index (χ3v) is 5.82. The first-order chi connectivity index (χ1) is 16.1. The molecule has 34 heavy (non-hydrogen) atoms. The molecule has 1 aromatic carbocycles. The fraction of sp³-hybridized carbons (Fsp3) is 0.455. The van der Waals surface area contributed by atoms with Crippen molar-refractivity contribution in [3.05, 3.63) is 36.0 Å². The summed E-state index contributed by atoms with van der Waals surface area (Å²) in [7, 11) is 0. The van der Waals surface area contributed by atoms with E-state index in [1.807, 2.05) is 30.5 Å². The Morgan fingerprint density at radius 3 is 2.47 bits per heavy atom. The predicted molar refractivity (Wildman–Crippen MR) is 129 cm³/mol. The summed E-state index contributed by atoms with van der Waals surface area (Å²) in [5, 5.41) is 27.1. The van der Waals surface area contributed by atoms with Gasteiger partial charge in [-0.3, -0.25) is 19.2 Å². The summed E-state index contributed by atoms with van der Waals surface area (Å²) in [5.41, 5.74) is 7.41. The van der Waals surface area contributed by atoms with E-state index in [-0.39, 0.29) is 6.42 Å². The van der Waals surface area contributed by atoms with Crippen molar-refractivity contribution < 1.29 is 29.4 Å². The van der Waals surface area contributed by atoms with E-state index in [0.29, 0.717) is 12.2 Å². The molecule has 11 nitrogen and oxygen atoms in total. The van der Waals surface area contributed by atoms with E-state index in [2.05, 4.69) is 20.9 Å². The number of rotatable bonds is 13. The summed E-state index contributed by atoms with van der Waals surface area (Å²) in [6, 6.07) is 4.01. The lowest BCUT2D eigenvalue weighted by molar-refractivity contribution is -0.138. The zero-order valence-electron chi connectivity index (χ0n) is 19.0. The summed E-state index contributed by atoms with van der Waals surface area (Å²) < 4.78 is 0. The van der Waals surface area contributed by atoms with Crippen LogP contribution in [0, 0.1) is 0 Å². The van der Waals surface area contributed by atoms with Gasteiger partial charge >= 0.3 is 5.97 Å². The van der Waals surface area contributed by atoms with Gasteiger partial charge in [-0.15, -0.1) is 0 Å². The number of carboxylic acids is 1. The maximum Gasteiger partial charge on any atom is 0.322 e. The molecule has 0 aliphatic carbocycles. The van der Waals surface area contributed by atoms with Crippen molar-refractivity contribution in [3.8, 4) is 0 Å². The second kappa shape index (κ2) is 13.0. The number of aromatic amines is 1. The molecule has 8 N–H and O–H groups in total. The number of aliphatic hydroxyl groups excluding tert-OH is 1. The molecule has 0 aliphatic rings. The zero-order valence-corrected chi connectivity index (χ0v) is 19.9. The van der Waals surface area contributed by atoms with Crippen LogP contribution in [0.1, 0.15) is 18.9 Å². The third kappa shape index (κ3) is 7.75. The second-order valence-corrected chi connectivity index (χ2v) is 8.84. The van der Waals surface area contributed by atoms with E-state index >= 15 is 0 Å². The van der Waals surface area contributed by atoms with Crippen molar-refractivity contribution in [1.29, 1.82) is 0 Å². The molecule has 4 unspecified atom stereocenters. The Balaban J connectivity index is 2.19. The number of thioether (sulfide) groups is 1. The molecular formula is C22H31N5O6S. The van der Waals surface area contributed by atoms with Gasteiger partial charge in [0.25, 0.3) is 0 Å². The number of hydrogen-bond acceptors (Lipinski definition) is 7. The molecule has 1 aromatic heterocycles. The van der Waals surface area contributed by atoms with Gasteiger partial charge in [0.05, 0.1) is 12.1 Å². The summed E-state index contributed by atoms with van der Waals surface area (Å²) in [6.45, 7) is 0.705. The molecule has 0 saturated heterocycles. The Bertz CT molecular complexity index is 1010. The normalized spacial score (nSPS) is 14.6. The van der Waals surface area contributed by atoms with Crippen molar-refractivity contribution in [2.45, 2.75) is 44.0 Å². The summed E-state index contributed by atoms with van der Waals surface area (Å²) in [4.78, 5) is 52.0. The van der Waals surface area contributed by atoms with E-state index in [0.717, 1.165) is 16.5 Å². The number of fused-ring (bicyclic) bond motifs is 1. The molecule has 0 aliphatic heterocycles. The molecule has 0 fully saturated rings. The van der Waals surface area contributed by atoms with Crippen LogP contribution in [0.2, 0.25) is 0 Å². The van der Waals surface area contributed by atoms with Gasteiger partial charge in [-0.1, -0.05) is 18.2 Å². The molecule has 3 amide bonds. The van der Waals surface area contributed by atoms with Crippen LogP contribution in [0.15, 0.2) is 30.5 Å². The number of aromatic nitrogens is 1. The number of para-hydroxylation sites is 1. The average molecular weight is 494 g/mol. The van der Waals surface area contributed by atoms with Crippen LogP contribution < -0.4 is 21.7 Å². The van der Waals surface area contributed by atoms with Gasteiger partial charge < -0.3 is 36.9 Å². The van der Waals surface area contributed by atoms with Crippen LogP contribution >= 0.6 is 11.8 Å². The summed E-state index contributed by atoms with van der Waals surface area (Å²) in [5.74, 6) is -2.70. The highest BCUT2D eigenvalue weighted by Gasteiger charge is 2.31. The van der Waals surface area contributed by atoms with Gasteiger partial charge in [0.1, 0.15) is 18.6 Å². The molecule has 4 atom stereocenters. The van der Waals surface area contributed by atoms with E-state index < -0.39 is 54.5 Å². The van der Waals surface area contributed by atoms with Gasteiger partial charge in [-0.2, -0.15) is 11.8 Å². The molecule has 1 heterocycles. The third-order valence-electron chi connectivity index (χ3n) is 5.18. The lowest BCUT2D eigenvalue weighted by Crippen LogP contribution is -2.59. The first-order valence-electron chi connectivity index (χ1n) is 10.7. The maximum absolute atomic E-state index is 13.0. The average Bonchev–Trinajstić information content (AvgIpc) is 3.21. The van der Waals surface area contributed by atoms with Crippen molar-refractivity contribution in [2.75, 3.05) is 18.6 Å². The van der Waals surface area contributed by atoms with Crippen LogP contribution in [0.25, 0.3) is 10.9 Å². The maximum atomic E-state index is 13.0. The monoisotopic (exact) mass is 493 g/mol. The number of benzene rings is 1. The fourth-order valence-electron chi connectivity index (χ4n) is 3.32. The predicted octanol–water partition coefficient (Wildman–Crippen LogP) is -0.658.